The number of ether oxygens (including phenoxy) is 12. The topological polar surface area (TPSA) is 157 Å². The molecule has 0 unspecified atom stereocenters. The Morgan fingerprint density at radius 3 is 1.35 bits per heavy atom. The number of amides is 1. The average Bonchev–Trinajstić information content (AvgIpc) is 3.04. The van der Waals surface area contributed by atoms with E-state index in [1.54, 1.807) is 0 Å². The Bertz CT molecular complexity index is 808. The minimum absolute atomic E-state index is 0.115. The molecule has 0 aliphatic rings. The predicted octanol–water partition coefficient (Wildman–Crippen LogP) is 1.25. The third-order valence-electron chi connectivity index (χ3n) is 5.24. The molecule has 48 heavy (non-hydrogen) atoms. The van der Waals surface area contributed by atoms with E-state index in [1.807, 2.05) is 20.8 Å². The number of terminal acetylenes is 2. The molecule has 0 fully saturated rings. The molecular formula is C33H57NO14. The van der Waals surface area contributed by atoms with E-state index in [-0.39, 0.29) is 58.6 Å². The van der Waals surface area contributed by atoms with Crippen molar-refractivity contribution in [2.45, 2.75) is 38.9 Å². The molecule has 0 atom stereocenters. The van der Waals surface area contributed by atoms with E-state index >= 15 is 0 Å². The number of alkyl carbamates (subject to hydrolysis) is 1. The average molecular weight is 692 g/mol. The molecule has 0 radical (unpaired) electrons. The Hall–Kier alpha value is -2.54. The van der Waals surface area contributed by atoms with Gasteiger partial charge >= 0.3 is 12.1 Å². The number of nitrogens with one attached hydrogen (secondary N) is 1. The first-order valence-corrected chi connectivity index (χ1v) is 16.1. The van der Waals surface area contributed by atoms with E-state index in [0.29, 0.717) is 92.5 Å². The second-order valence-electron chi connectivity index (χ2n) is 10.6. The van der Waals surface area contributed by atoms with Crippen molar-refractivity contribution in [2.75, 3.05) is 139 Å². The number of hydrogen-bond acceptors (Lipinski definition) is 14. The smallest absolute Gasteiger partial charge is 0.407 e. The van der Waals surface area contributed by atoms with Crippen molar-refractivity contribution in [1.82, 2.24) is 5.32 Å². The molecule has 0 aromatic rings. The number of hydrogen-bond donors (Lipinski definition) is 1. The highest BCUT2D eigenvalue weighted by Gasteiger charge is 2.16. The first-order chi connectivity index (χ1) is 23.3. The third kappa shape index (κ3) is 36.3. The van der Waals surface area contributed by atoms with Crippen LogP contribution in [0, 0.1) is 24.7 Å². The molecule has 1 amide bonds. The van der Waals surface area contributed by atoms with Gasteiger partial charge in [-0.1, -0.05) is 11.8 Å². The fourth-order valence-corrected chi connectivity index (χ4v) is 3.21. The Kier molecular flexibility index (Phi) is 32.5. The molecule has 1 N–H and O–H groups in total. The van der Waals surface area contributed by atoms with Crippen molar-refractivity contribution in [1.29, 1.82) is 0 Å². The van der Waals surface area contributed by atoms with E-state index in [1.165, 1.54) is 0 Å². The van der Waals surface area contributed by atoms with Crippen molar-refractivity contribution < 1.29 is 66.4 Å². The monoisotopic (exact) mass is 691 g/mol. The molecule has 0 rings (SSSR count). The zero-order chi connectivity index (χ0) is 35.4. The fourth-order valence-electron chi connectivity index (χ4n) is 3.21. The van der Waals surface area contributed by atoms with Crippen LogP contribution in [0.25, 0.3) is 0 Å². The van der Waals surface area contributed by atoms with Crippen LogP contribution in [0.1, 0.15) is 27.2 Å². The molecule has 0 heterocycles. The summed E-state index contributed by atoms with van der Waals surface area (Å²) in [7, 11) is 0. The molecule has 0 aromatic heterocycles. The van der Waals surface area contributed by atoms with E-state index in [4.69, 9.17) is 69.7 Å². The number of carbonyl (C=O) groups excluding carboxylic acids is 2. The summed E-state index contributed by atoms with van der Waals surface area (Å²) < 4.78 is 64.6. The summed E-state index contributed by atoms with van der Waals surface area (Å²) in [6.45, 7) is 12.1. The van der Waals surface area contributed by atoms with Crippen LogP contribution >= 0.6 is 0 Å². The van der Waals surface area contributed by atoms with Gasteiger partial charge in [0.15, 0.2) is 6.10 Å². The van der Waals surface area contributed by atoms with Crippen molar-refractivity contribution >= 4 is 12.1 Å². The van der Waals surface area contributed by atoms with E-state index in [2.05, 4.69) is 17.2 Å². The van der Waals surface area contributed by atoms with Gasteiger partial charge < -0.3 is 62.2 Å². The Morgan fingerprint density at radius 2 is 0.938 bits per heavy atom. The summed E-state index contributed by atoms with van der Waals surface area (Å²) in [6.07, 6.45) is 9.17. The first-order valence-electron chi connectivity index (χ1n) is 16.1. The lowest BCUT2D eigenvalue weighted by atomic mass is 10.2. The minimum atomic E-state index is -0.650. The molecule has 15 heteroatoms. The maximum absolute atomic E-state index is 12.3. The van der Waals surface area contributed by atoms with Crippen LogP contribution in [0.15, 0.2) is 0 Å². The van der Waals surface area contributed by atoms with Gasteiger partial charge in [-0.3, -0.25) is 4.79 Å². The number of carbonyl (C=O) groups is 2. The molecule has 0 saturated heterocycles. The largest absolute Gasteiger partial charge is 0.460 e. The SMILES string of the molecule is C#CCOCCOCCOCC(COCCOCCOCC#C)OC(=O)NCCOCCOCCOCCOCCC(=O)OC(C)(C)C. The third-order valence-corrected chi connectivity index (χ3v) is 5.24. The van der Waals surface area contributed by atoms with Gasteiger partial charge in [0.25, 0.3) is 0 Å². The lowest BCUT2D eigenvalue weighted by Crippen LogP contribution is -2.36. The minimum Gasteiger partial charge on any atom is -0.460 e. The summed E-state index contributed by atoms with van der Waals surface area (Å²) >= 11 is 0. The van der Waals surface area contributed by atoms with Crippen LogP contribution in [0.2, 0.25) is 0 Å². The highest BCUT2D eigenvalue weighted by Crippen LogP contribution is 2.08. The zero-order valence-electron chi connectivity index (χ0n) is 29.0. The quantitative estimate of drug-likeness (QED) is 0.0584. The summed E-state index contributed by atoms with van der Waals surface area (Å²) in [6, 6.07) is 0. The molecule has 0 aliphatic carbocycles. The van der Waals surface area contributed by atoms with Crippen molar-refractivity contribution in [3.8, 4) is 24.7 Å². The van der Waals surface area contributed by atoms with Crippen molar-refractivity contribution in [3.63, 3.8) is 0 Å². The van der Waals surface area contributed by atoms with Crippen LogP contribution in [0.3, 0.4) is 0 Å². The summed E-state index contributed by atoms with van der Waals surface area (Å²) in [5.74, 6) is 4.47. The Labute approximate surface area is 286 Å². The molecular weight excluding hydrogens is 634 g/mol. The van der Waals surface area contributed by atoms with E-state index in [9.17, 15) is 9.59 Å². The molecule has 278 valence electrons. The lowest BCUT2D eigenvalue weighted by Gasteiger charge is -2.19. The molecule has 0 aliphatic heterocycles. The fraction of sp³-hybridized carbons (Fsp3) is 0.818. The Morgan fingerprint density at radius 1 is 0.562 bits per heavy atom. The molecule has 0 spiro atoms. The molecule has 15 nitrogen and oxygen atoms in total. The maximum atomic E-state index is 12.3. The van der Waals surface area contributed by atoms with Gasteiger partial charge in [0.1, 0.15) is 18.8 Å². The second kappa shape index (κ2) is 34.3. The number of rotatable bonds is 34. The van der Waals surface area contributed by atoms with Crippen LogP contribution in [-0.2, 0) is 61.6 Å². The van der Waals surface area contributed by atoms with Gasteiger partial charge in [-0.25, -0.2) is 4.79 Å². The van der Waals surface area contributed by atoms with Gasteiger partial charge in [-0.05, 0) is 20.8 Å². The molecule has 0 bridgehead atoms. The van der Waals surface area contributed by atoms with Crippen LogP contribution in [0.5, 0.6) is 0 Å². The van der Waals surface area contributed by atoms with Gasteiger partial charge in [0, 0.05) is 6.54 Å². The van der Waals surface area contributed by atoms with Crippen LogP contribution in [0.4, 0.5) is 4.79 Å². The first kappa shape index (κ1) is 45.5. The van der Waals surface area contributed by atoms with E-state index in [0.717, 1.165) is 0 Å². The maximum Gasteiger partial charge on any atom is 0.407 e. The van der Waals surface area contributed by atoms with E-state index < -0.39 is 17.8 Å². The van der Waals surface area contributed by atoms with Crippen LogP contribution < -0.4 is 5.32 Å². The van der Waals surface area contributed by atoms with Crippen molar-refractivity contribution in [2.24, 2.45) is 0 Å². The second-order valence-corrected chi connectivity index (χ2v) is 10.6. The van der Waals surface area contributed by atoms with Crippen LogP contribution in [-0.4, -0.2) is 162 Å². The summed E-state index contributed by atoms with van der Waals surface area (Å²) in [5.41, 5.74) is -0.499. The van der Waals surface area contributed by atoms with Gasteiger partial charge in [0.05, 0.1) is 125 Å². The summed E-state index contributed by atoms with van der Waals surface area (Å²) in [4.78, 5) is 23.9. The zero-order valence-corrected chi connectivity index (χ0v) is 29.0. The Balaban J connectivity index is 3.92. The lowest BCUT2D eigenvalue weighted by molar-refractivity contribution is -0.156. The molecule has 0 saturated carbocycles. The summed E-state index contributed by atoms with van der Waals surface area (Å²) in [5, 5.41) is 2.64. The van der Waals surface area contributed by atoms with Gasteiger partial charge in [-0.2, -0.15) is 0 Å². The van der Waals surface area contributed by atoms with Gasteiger partial charge in [0.2, 0.25) is 0 Å². The normalized spacial score (nSPS) is 11.3. The molecule has 0 aromatic carbocycles. The highest BCUT2D eigenvalue weighted by molar-refractivity contribution is 5.69. The van der Waals surface area contributed by atoms with Gasteiger partial charge in [-0.15, -0.1) is 12.8 Å². The standard InChI is InChI=1S/C33H57NO14/c1-6-10-37-14-18-43-24-26-45-28-30(29-46-27-25-44-19-15-38-11-7-2)47-32(36)34-9-13-40-17-21-42-23-22-41-20-16-39-12-8-31(35)48-33(3,4)5/h1-2,30H,8-29H2,3-5H3,(H,34,36). The van der Waals surface area contributed by atoms with Crippen molar-refractivity contribution in [3.05, 3.63) is 0 Å². The highest BCUT2D eigenvalue weighted by atomic mass is 16.6. The number of esters is 1. The predicted molar refractivity (Wildman–Crippen MR) is 175 cm³/mol.